The number of benzene rings is 1. The van der Waals surface area contributed by atoms with E-state index in [1.807, 2.05) is 30.3 Å². The average molecular weight is 306 g/mol. The van der Waals surface area contributed by atoms with Gasteiger partial charge in [0.15, 0.2) is 0 Å². The molecule has 1 aromatic carbocycles. The lowest BCUT2D eigenvalue weighted by Gasteiger charge is -2.24. The molecule has 122 valence electrons. The molecule has 1 saturated heterocycles. The fourth-order valence-corrected chi connectivity index (χ4v) is 2.44. The smallest absolute Gasteiger partial charge is 0.244 e. The Kier molecular flexibility index (Phi) is 6.36. The topological polar surface area (TPSA) is 73.6 Å². The van der Waals surface area contributed by atoms with Crippen LogP contribution in [-0.2, 0) is 19.8 Å². The first kappa shape index (κ1) is 16.9. The van der Waals surface area contributed by atoms with Crippen LogP contribution in [0.25, 0.3) is 0 Å². The Labute approximate surface area is 132 Å². The normalized spacial score (nSPS) is 20.5. The van der Waals surface area contributed by atoms with Gasteiger partial charge >= 0.3 is 0 Å². The maximum absolute atomic E-state index is 12.2. The molecule has 22 heavy (non-hydrogen) atoms. The van der Waals surface area contributed by atoms with Crippen LogP contribution in [0.2, 0.25) is 0 Å². The van der Waals surface area contributed by atoms with Crippen molar-refractivity contribution in [2.24, 2.45) is 11.7 Å². The van der Waals surface area contributed by atoms with Crippen LogP contribution in [0.15, 0.2) is 30.3 Å². The van der Waals surface area contributed by atoms with Crippen molar-refractivity contribution in [3.63, 3.8) is 0 Å². The Bertz CT molecular complexity index is 456. The average Bonchev–Trinajstić information content (AvgIpc) is 3.04. The Morgan fingerprint density at radius 3 is 2.91 bits per heavy atom. The number of ether oxygens (including phenoxy) is 2. The number of amides is 1. The number of hydrogen-bond acceptors (Lipinski definition) is 4. The molecule has 1 amide bonds. The van der Waals surface area contributed by atoms with E-state index in [0.29, 0.717) is 19.1 Å². The summed E-state index contributed by atoms with van der Waals surface area (Å²) in [7, 11) is 0. The minimum absolute atomic E-state index is 0.164. The summed E-state index contributed by atoms with van der Waals surface area (Å²) in [6, 6.07) is 9.41. The summed E-state index contributed by atoms with van der Waals surface area (Å²) in [5.41, 5.74) is 5.95. The van der Waals surface area contributed by atoms with Gasteiger partial charge in [-0.1, -0.05) is 30.3 Å². The lowest BCUT2D eigenvalue weighted by molar-refractivity contribution is -0.126. The summed E-state index contributed by atoms with van der Waals surface area (Å²) in [5.74, 6) is 0.364. The van der Waals surface area contributed by atoms with Crippen LogP contribution in [0.4, 0.5) is 0 Å². The van der Waals surface area contributed by atoms with Crippen LogP contribution in [0, 0.1) is 5.92 Å². The second-order valence-electron chi connectivity index (χ2n) is 5.98. The third-order valence-electron chi connectivity index (χ3n) is 3.97. The molecule has 1 heterocycles. The second-order valence-corrected chi connectivity index (χ2v) is 5.98. The monoisotopic (exact) mass is 306 g/mol. The van der Waals surface area contributed by atoms with Crippen LogP contribution >= 0.6 is 0 Å². The molecule has 3 N–H and O–H groups in total. The van der Waals surface area contributed by atoms with Crippen LogP contribution in [0.1, 0.15) is 25.3 Å². The van der Waals surface area contributed by atoms with Gasteiger partial charge in [0.25, 0.3) is 0 Å². The quantitative estimate of drug-likeness (QED) is 0.712. The van der Waals surface area contributed by atoms with Gasteiger partial charge in [0.1, 0.15) is 5.54 Å². The predicted molar refractivity (Wildman–Crippen MR) is 85.4 cm³/mol. The molecule has 1 aliphatic heterocycles. The highest BCUT2D eigenvalue weighted by molar-refractivity contribution is 5.86. The molecule has 2 unspecified atom stereocenters. The van der Waals surface area contributed by atoms with Crippen molar-refractivity contribution in [1.82, 2.24) is 5.32 Å². The van der Waals surface area contributed by atoms with Crippen LogP contribution < -0.4 is 11.1 Å². The zero-order chi connectivity index (χ0) is 15.8. The highest BCUT2D eigenvalue weighted by Gasteiger charge is 2.29. The number of carbonyl (C=O) groups is 1. The highest BCUT2D eigenvalue weighted by atomic mass is 16.5. The lowest BCUT2D eigenvalue weighted by atomic mass is 9.92. The van der Waals surface area contributed by atoms with E-state index in [1.54, 1.807) is 6.92 Å². The number of nitrogens with two attached hydrogens (primary N) is 1. The third-order valence-corrected chi connectivity index (χ3v) is 3.97. The molecule has 0 bridgehead atoms. The van der Waals surface area contributed by atoms with Crippen LogP contribution in [-0.4, -0.2) is 38.9 Å². The molecule has 0 saturated carbocycles. The predicted octanol–water partition coefficient (Wildman–Crippen LogP) is 1.42. The summed E-state index contributed by atoms with van der Waals surface area (Å²) in [6.07, 6.45) is 1.86. The lowest BCUT2D eigenvalue weighted by Crippen LogP contribution is -2.49. The molecule has 0 radical (unpaired) electrons. The maximum atomic E-state index is 12.2. The van der Waals surface area contributed by atoms with Gasteiger partial charge in [0.2, 0.25) is 5.91 Å². The molecule has 0 aromatic heterocycles. The van der Waals surface area contributed by atoms with E-state index in [-0.39, 0.29) is 5.91 Å². The number of carbonyl (C=O) groups excluding carboxylic acids is 1. The molecular formula is C17H26N2O3. The first-order chi connectivity index (χ1) is 10.6. The second kappa shape index (κ2) is 8.27. The largest absolute Gasteiger partial charge is 0.381 e. The molecule has 1 aromatic rings. The van der Waals surface area contributed by atoms with Gasteiger partial charge in [0, 0.05) is 25.7 Å². The Morgan fingerprint density at radius 2 is 2.23 bits per heavy atom. The molecule has 5 heteroatoms. The molecule has 2 atom stereocenters. The van der Waals surface area contributed by atoms with Crippen molar-refractivity contribution >= 4 is 5.91 Å². The fraction of sp³-hybridized carbons (Fsp3) is 0.588. The third kappa shape index (κ3) is 4.80. The van der Waals surface area contributed by atoms with Gasteiger partial charge in [-0.15, -0.1) is 0 Å². The summed E-state index contributed by atoms with van der Waals surface area (Å²) >= 11 is 0. The molecular weight excluding hydrogens is 280 g/mol. The number of hydrogen-bond donors (Lipinski definition) is 2. The van der Waals surface area contributed by atoms with E-state index in [1.165, 1.54) is 0 Å². The zero-order valence-corrected chi connectivity index (χ0v) is 13.2. The summed E-state index contributed by atoms with van der Waals surface area (Å²) in [5, 5.41) is 2.88. The van der Waals surface area contributed by atoms with E-state index in [9.17, 15) is 4.79 Å². The van der Waals surface area contributed by atoms with Gasteiger partial charge in [-0.2, -0.15) is 0 Å². The maximum Gasteiger partial charge on any atom is 0.244 e. The summed E-state index contributed by atoms with van der Waals surface area (Å²) in [6.45, 7) is 5.34. The fourth-order valence-electron chi connectivity index (χ4n) is 2.44. The van der Waals surface area contributed by atoms with Crippen molar-refractivity contribution < 1.29 is 14.3 Å². The molecule has 0 spiro atoms. The summed E-state index contributed by atoms with van der Waals surface area (Å²) in [4.78, 5) is 12.2. The van der Waals surface area contributed by atoms with Gasteiger partial charge in [-0.3, -0.25) is 4.79 Å². The Hall–Kier alpha value is -1.43. The SMILES string of the molecule is CC(N)(C(=O)NCCCOCC1CCOC1)c1ccccc1. The number of nitrogens with one attached hydrogen (secondary N) is 1. The first-order valence-corrected chi connectivity index (χ1v) is 7.89. The Morgan fingerprint density at radius 1 is 1.45 bits per heavy atom. The van der Waals surface area contributed by atoms with Crippen LogP contribution in [0.3, 0.4) is 0 Å². The van der Waals surface area contributed by atoms with Crippen molar-refractivity contribution in [3.05, 3.63) is 35.9 Å². The molecule has 2 rings (SSSR count). The molecule has 5 nitrogen and oxygen atoms in total. The molecule has 0 aliphatic carbocycles. The van der Waals surface area contributed by atoms with Crippen molar-refractivity contribution in [2.45, 2.75) is 25.3 Å². The van der Waals surface area contributed by atoms with E-state index >= 15 is 0 Å². The summed E-state index contributed by atoms with van der Waals surface area (Å²) < 4.78 is 10.9. The van der Waals surface area contributed by atoms with Crippen molar-refractivity contribution in [3.8, 4) is 0 Å². The van der Waals surface area contributed by atoms with Crippen molar-refractivity contribution in [2.75, 3.05) is 33.0 Å². The number of rotatable bonds is 8. The van der Waals surface area contributed by atoms with Gasteiger partial charge in [-0.05, 0) is 25.3 Å². The van der Waals surface area contributed by atoms with E-state index < -0.39 is 5.54 Å². The highest BCUT2D eigenvalue weighted by Crippen LogP contribution is 2.17. The minimum atomic E-state index is -1.01. The van der Waals surface area contributed by atoms with E-state index in [4.69, 9.17) is 15.2 Å². The van der Waals surface area contributed by atoms with Crippen LogP contribution in [0.5, 0.6) is 0 Å². The van der Waals surface area contributed by atoms with Gasteiger partial charge in [-0.25, -0.2) is 0 Å². The molecule has 1 fully saturated rings. The minimum Gasteiger partial charge on any atom is -0.381 e. The zero-order valence-electron chi connectivity index (χ0n) is 13.2. The van der Waals surface area contributed by atoms with Crippen molar-refractivity contribution in [1.29, 1.82) is 0 Å². The van der Waals surface area contributed by atoms with E-state index in [2.05, 4.69) is 5.32 Å². The van der Waals surface area contributed by atoms with E-state index in [0.717, 1.165) is 38.2 Å². The van der Waals surface area contributed by atoms with Gasteiger partial charge < -0.3 is 20.5 Å². The Balaban J connectivity index is 1.62. The van der Waals surface area contributed by atoms with Gasteiger partial charge in [0.05, 0.1) is 13.2 Å². The first-order valence-electron chi connectivity index (χ1n) is 7.89. The standard InChI is InChI=1S/C17H26N2O3/c1-17(18,15-6-3-2-4-7-15)16(20)19-9-5-10-21-12-14-8-11-22-13-14/h2-4,6-7,14H,5,8-13,18H2,1H3,(H,19,20). The molecule has 1 aliphatic rings.